The zero-order valence-electron chi connectivity index (χ0n) is 12.7. The second-order valence-electron chi connectivity index (χ2n) is 4.72. The number of rotatable bonds is 11. The fourth-order valence-electron chi connectivity index (χ4n) is 2.29. The van der Waals surface area contributed by atoms with Crippen LogP contribution in [0.4, 0.5) is 4.79 Å². The van der Waals surface area contributed by atoms with Crippen LogP contribution in [-0.2, 0) is 8.85 Å². The van der Waals surface area contributed by atoms with Crippen molar-refractivity contribution < 1.29 is 18.8 Å². The lowest BCUT2D eigenvalue weighted by atomic mass is 10.1. The fraction of sp³-hybridized carbons (Fsp3) is 0.923. The quantitative estimate of drug-likeness (QED) is 0.470. The molecule has 6 heteroatoms. The molecular formula is C13H29NO4Si. The smallest absolute Gasteiger partial charge is 0.407 e. The molecule has 114 valence electrons. The molecule has 0 aliphatic rings. The van der Waals surface area contributed by atoms with E-state index in [9.17, 15) is 4.79 Å². The molecule has 0 fully saturated rings. The molecule has 0 spiro atoms. The van der Waals surface area contributed by atoms with E-state index in [1.54, 1.807) is 14.2 Å². The highest BCUT2D eigenvalue weighted by molar-refractivity contribution is 6.46. The second-order valence-corrected chi connectivity index (χ2v) is 7.34. The summed E-state index contributed by atoms with van der Waals surface area (Å²) in [5.74, 6) is 0. The summed E-state index contributed by atoms with van der Waals surface area (Å²) >= 11 is 0. The lowest BCUT2D eigenvalue weighted by Gasteiger charge is -2.21. The van der Waals surface area contributed by atoms with E-state index in [0.717, 1.165) is 32.1 Å². The molecule has 0 aliphatic heterocycles. The van der Waals surface area contributed by atoms with Gasteiger partial charge in [-0.2, -0.15) is 0 Å². The Labute approximate surface area is 118 Å². The summed E-state index contributed by atoms with van der Waals surface area (Å²) in [5.41, 5.74) is 0.553. The monoisotopic (exact) mass is 291 g/mol. The van der Waals surface area contributed by atoms with Gasteiger partial charge in [-0.3, -0.25) is 0 Å². The molecule has 1 amide bonds. The van der Waals surface area contributed by atoms with Crippen LogP contribution in [0, 0.1) is 0 Å². The van der Waals surface area contributed by atoms with Crippen molar-refractivity contribution in [2.24, 2.45) is 0 Å². The maximum atomic E-state index is 10.8. The van der Waals surface area contributed by atoms with Gasteiger partial charge in [0.05, 0.1) is 0 Å². The third kappa shape index (κ3) is 7.54. The predicted molar refractivity (Wildman–Crippen MR) is 78.9 cm³/mol. The molecular weight excluding hydrogens is 262 g/mol. The van der Waals surface area contributed by atoms with Crippen LogP contribution < -0.4 is 0 Å². The first-order chi connectivity index (χ1) is 9.10. The Balaban J connectivity index is 3.80. The Morgan fingerprint density at radius 1 is 1.21 bits per heavy atom. The first kappa shape index (κ1) is 18.4. The molecule has 1 unspecified atom stereocenters. The molecule has 5 nitrogen and oxygen atoms in total. The summed E-state index contributed by atoms with van der Waals surface area (Å²) in [4.78, 5) is 12.3. The predicted octanol–water partition coefficient (Wildman–Crippen LogP) is 2.84. The summed E-state index contributed by atoms with van der Waals surface area (Å²) in [6, 6.07) is 0. The van der Waals surface area contributed by atoms with Gasteiger partial charge in [-0.05, 0) is 25.3 Å². The van der Waals surface area contributed by atoms with Crippen molar-refractivity contribution in [2.75, 3.05) is 27.3 Å². The number of carbonyl (C=O) groups is 1. The van der Waals surface area contributed by atoms with E-state index >= 15 is 0 Å². The molecule has 1 N–H and O–H groups in total. The highest BCUT2D eigenvalue weighted by Gasteiger charge is 2.21. The molecule has 0 aliphatic carbocycles. The molecule has 1 atom stereocenters. The topological polar surface area (TPSA) is 59.0 Å². The lowest BCUT2D eigenvalue weighted by Crippen LogP contribution is -2.30. The van der Waals surface area contributed by atoms with Gasteiger partial charge in [0.25, 0.3) is 0 Å². The van der Waals surface area contributed by atoms with Crippen LogP contribution in [0.5, 0.6) is 0 Å². The van der Waals surface area contributed by atoms with Crippen LogP contribution in [-0.4, -0.2) is 52.7 Å². The Kier molecular flexibility index (Phi) is 10.9. The van der Waals surface area contributed by atoms with Gasteiger partial charge in [0.15, 0.2) is 0 Å². The normalized spacial score (nSPS) is 12.7. The fourth-order valence-corrected chi connectivity index (χ4v) is 4.14. The lowest BCUT2D eigenvalue weighted by molar-refractivity contribution is 0.146. The van der Waals surface area contributed by atoms with Crippen molar-refractivity contribution in [3.8, 4) is 0 Å². The van der Waals surface area contributed by atoms with E-state index in [1.807, 2.05) is 6.92 Å². The number of amides is 1. The molecule has 0 saturated heterocycles. The Bertz CT molecular complexity index is 237. The zero-order valence-corrected chi connectivity index (χ0v) is 13.9. The van der Waals surface area contributed by atoms with Crippen LogP contribution in [0.15, 0.2) is 0 Å². The molecule has 0 bridgehead atoms. The average molecular weight is 291 g/mol. The number of hydrogen-bond donors (Lipinski definition) is 1. The summed E-state index contributed by atoms with van der Waals surface area (Å²) in [6.07, 6.45) is 4.51. The minimum absolute atomic E-state index is 0.553. The summed E-state index contributed by atoms with van der Waals surface area (Å²) < 4.78 is 10.9. The minimum Gasteiger partial charge on any atom is -0.465 e. The molecule has 0 aromatic rings. The van der Waals surface area contributed by atoms with Gasteiger partial charge in [0.2, 0.25) is 0 Å². The summed E-state index contributed by atoms with van der Waals surface area (Å²) in [7, 11) is 1.96. The first-order valence-electron chi connectivity index (χ1n) is 7.14. The van der Waals surface area contributed by atoms with Crippen LogP contribution in [0.2, 0.25) is 5.54 Å². The highest BCUT2D eigenvalue weighted by Crippen LogP contribution is 2.23. The van der Waals surface area contributed by atoms with E-state index < -0.39 is 15.4 Å². The molecule has 0 aromatic carbocycles. The van der Waals surface area contributed by atoms with E-state index in [1.165, 1.54) is 4.90 Å². The van der Waals surface area contributed by atoms with Gasteiger partial charge in [-0.15, -0.1) is 0 Å². The maximum absolute atomic E-state index is 10.8. The van der Waals surface area contributed by atoms with Crippen molar-refractivity contribution >= 4 is 15.4 Å². The van der Waals surface area contributed by atoms with Crippen molar-refractivity contribution in [3.05, 3.63) is 0 Å². The zero-order chi connectivity index (χ0) is 14.7. The van der Waals surface area contributed by atoms with E-state index in [-0.39, 0.29) is 0 Å². The largest absolute Gasteiger partial charge is 0.465 e. The number of unbranched alkanes of at least 4 members (excludes halogenated alkanes) is 2. The standard InChI is InChI=1S/C13H29NO4Si/c1-5-12(19(17-3)18-4)10-8-7-9-11-14(6-2)13(15)16/h12,19H,5-11H2,1-4H3,(H,15,16). The Hall–Kier alpha value is -0.593. The minimum atomic E-state index is -1.51. The molecule has 0 saturated carbocycles. The van der Waals surface area contributed by atoms with Crippen molar-refractivity contribution in [2.45, 2.75) is 51.5 Å². The second kappa shape index (κ2) is 11.3. The van der Waals surface area contributed by atoms with Crippen LogP contribution in [0.25, 0.3) is 0 Å². The summed E-state index contributed by atoms with van der Waals surface area (Å²) in [6.45, 7) is 5.24. The highest BCUT2D eigenvalue weighted by atomic mass is 28.3. The molecule has 0 heterocycles. The van der Waals surface area contributed by atoms with Crippen LogP contribution in [0.3, 0.4) is 0 Å². The van der Waals surface area contributed by atoms with Crippen molar-refractivity contribution in [1.82, 2.24) is 4.90 Å². The van der Waals surface area contributed by atoms with Gasteiger partial charge in [0, 0.05) is 27.3 Å². The number of carboxylic acid groups (broad SMARTS) is 1. The van der Waals surface area contributed by atoms with Crippen LogP contribution >= 0.6 is 0 Å². The van der Waals surface area contributed by atoms with Crippen molar-refractivity contribution in [3.63, 3.8) is 0 Å². The third-order valence-corrected chi connectivity index (χ3v) is 6.03. The molecule has 0 aromatic heterocycles. The van der Waals surface area contributed by atoms with Gasteiger partial charge in [-0.1, -0.05) is 26.2 Å². The molecule has 0 rings (SSSR count). The number of hydrogen-bond acceptors (Lipinski definition) is 3. The molecule has 0 radical (unpaired) electrons. The van der Waals surface area contributed by atoms with Gasteiger partial charge >= 0.3 is 15.4 Å². The van der Waals surface area contributed by atoms with Gasteiger partial charge < -0.3 is 18.9 Å². The first-order valence-corrected chi connectivity index (χ1v) is 8.75. The van der Waals surface area contributed by atoms with Gasteiger partial charge in [0.1, 0.15) is 0 Å². The van der Waals surface area contributed by atoms with Crippen LogP contribution in [0.1, 0.15) is 46.0 Å². The van der Waals surface area contributed by atoms with Gasteiger partial charge in [-0.25, -0.2) is 4.79 Å². The van der Waals surface area contributed by atoms with E-state index in [4.69, 9.17) is 14.0 Å². The van der Waals surface area contributed by atoms with E-state index in [0.29, 0.717) is 18.6 Å². The Morgan fingerprint density at radius 3 is 2.26 bits per heavy atom. The number of nitrogens with zero attached hydrogens (tertiary/aromatic N) is 1. The Morgan fingerprint density at radius 2 is 1.84 bits per heavy atom. The molecule has 19 heavy (non-hydrogen) atoms. The summed E-state index contributed by atoms with van der Waals surface area (Å²) in [5, 5.41) is 8.89. The average Bonchev–Trinajstić information content (AvgIpc) is 2.41. The third-order valence-electron chi connectivity index (χ3n) is 3.53. The maximum Gasteiger partial charge on any atom is 0.407 e. The SMILES string of the molecule is CCC(CCCCCN(CC)C(=O)O)[SiH](OC)OC. The van der Waals surface area contributed by atoms with Crippen molar-refractivity contribution in [1.29, 1.82) is 0 Å². The van der Waals surface area contributed by atoms with E-state index in [2.05, 4.69) is 6.92 Å².